The fraction of sp³-hybridized carbons (Fsp3) is 0.267. The quantitative estimate of drug-likeness (QED) is 0.870. The van der Waals surface area contributed by atoms with Crippen molar-refractivity contribution in [2.45, 2.75) is 24.8 Å². The van der Waals surface area contributed by atoms with Crippen molar-refractivity contribution in [1.29, 1.82) is 0 Å². The number of pyridine rings is 1. The average molecular weight is 339 g/mol. The molecule has 23 heavy (non-hydrogen) atoms. The summed E-state index contributed by atoms with van der Waals surface area (Å²) in [6.45, 7) is 3.27. The summed E-state index contributed by atoms with van der Waals surface area (Å²) in [5, 5.41) is 0. The van der Waals surface area contributed by atoms with Gasteiger partial charge in [0.1, 0.15) is 22.3 Å². The number of rotatable bonds is 5. The predicted molar refractivity (Wildman–Crippen MR) is 85.1 cm³/mol. The Hall–Kier alpha value is -2.19. The number of nitrogens with one attached hydrogen (secondary N) is 1. The van der Waals surface area contributed by atoms with Crippen LogP contribution < -0.4 is 15.2 Å². The van der Waals surface area contributed by atoms with Crippen LogP contribution in [0.15, 0.2) is 35.4 Å². The fourth-order valence-electron chi connectivity index (χ4n) is 2.11. The van der Waals surface area contributed by atoms with E-state index in [4.69, 9.17) is 10.5 Å². The van der Waals surface area contributed by atoms with Crippen LogP contribution in [0.1, 0.15) is 24.1 Å². The number of aromatic nitrogens is 1. The van der Waals surface area contributed by atoms with E-state index >= 15 is 0 Å². The molecule has 0 fully saturated rings. The largest absolute Gasteiger partial charge is 0.496 e. The number of sulfonamides is 1. The summed E-state index contributed by atoms with van der Waals surface area (Å²) in [6.07, 6.45) is 1.18. The fourth-order valence-corrected chi connectivity index (χ4v) is 3.37. The number of methoxy groups -OCH3 is 1. The highest BCUT2D eigenvalue weighted by Gasteiger charge is 2.22. The number of halogens is 1. The Bertz CT molecular complexity index is 825. The molecule has 0 saturated heterocycles. The molecule has 0 radical (unpaired) electrons. The minimum absolute atomic E-state index is 0.00794. The van der Waals surface area contributed by atoms with Gasteiger partial charge in [0.25, 0.3) is 0 Å². The summed E-state index contributed by atoms with van der Waals surface area (Å²) in [6, 6.07) is 4.67. The molecule has 0 aliphatic carbocycles. The molecule has 1 heterocycles. The van der Waals surface area contributed by atoms with E-state index in [1.165, 1.54) is 37.6 Å². The monoisotopic (exact) mass is 339 g/mol. The van der Waals surface area contributed by atoms with Gasteiger partial charge in [-0.1, -0.05) is 0 Å². The minimum atomic E-state index is -3.83. The van der Waals surface area contributed by atoms with Crippen molar-refractivity contribution < 1.29 is 17.5 Å². The lowest BCUT2D eigenvalue weighted by Crippen LogP contribution is -2.27. The van der Waals surface area contributed by atoms with Crippen molar-refractivity contribution in [3.05, 3.63) is 47.4 Å². The third-order valence-electron chi connectivity index (χ3n) is 3.39. The Balaban J connectivity index is 2.33. The third kappa shape index (κ3) is 3.77. The second kappa shape index (κ2) is 6.51. The molecule has 1 atom stereocenters. The molecule has 124 valence electrons. The zero-order valence-electron chi connectivity index (χ0n) is 13.0. The summed E-state index contributed by atoms with van der Waals surface area (Å²) in [7, 11) is -2.40. The van der Waals surface area contributed by atoms with Gasteiger partial charge < -0.3 is 10.5 Å². The third-order valence-corrected chi connectivity index (χ3v) is 4.90. The van der Waals surface area contributed by atoms with Gasteiger partial charge in [-0.05, 0) is 43.7 Å². The van der Waals surface area contributed by atoms with Gasteiger partial charge in [-0.15, -0.1) is 0 Å². The van der Waals surface area contributed by atoms with E-state index in [1.807, 2.05) is 0 Å². The lowest BCUT2D eigenvalue weighted by molar-refractivity contribution is 0.403. The Labute approximate surface area is 134 Å². The smallest absolute Gasteiger partial charge is 0.242 e. The number of nitrogen functional groups attached to an aromatic ring is 1. The predicted octanol–water partition coefficient (Wildman–Crippen LogP) is 2.16. The van der Waals surface area contributed by atoms with Gasteiger partial charge in [0.2, 0.25) is 10.0 Å². The average Bonchev–Trinajstić information content (AvgIpc) is 2.49. The molecule has 1 unspecified atom stereocenters. The zero-order chi connectivity index (χ0) is 17.2. The maximum Gasteiger partial charge on any atom is 0.242 e. The normalized spacial score (nSPS) is 12.9. The van der Waals surface area contributed by atoms with Crippen LogP contribution in [0.2, 0.25) is 0 Å². The van der Waals surface area contributed by atoms with Gasteiger partial charge >= 0.3 is 0 Å². The Morgan fingerprint density at radius 3 is 2.65 bits per heavy atom. The number of ether oxygens (including phenoxy) is 1. The number of hydrogen-bond donors (Lipinski definition) is 2. The van der Waals surface area contributed by atoms with Crippen LogP contribution in [0, 0.1) is 12.7 Å². The number of benzene rings is 1. The summed E-state index contributed by atoms with van der Waals surface area (Å²) < 4.78 is 45.9. The lowest BCUT2D eigenvalue weighted by atomic mass is 10.1. The number of aryl methyl sites for hydroxylation is 1. The first kappa shape index (κ1) is 17.2. The topological polar surface area (TPSA) is 94.3 Å². The first-order chi connectivity index (χ1) is 10.7. The molecule has 1 aromatic heterocycles. The van der Waals surface area contributed by atoms with Crippen LogP contribution in [0.4, 0.5) is 10.2 Å². The van der Waals surface area contributed by atoms with Crippen molar-refractivity contribution in [3.63, 3.8) is 0 Å². The summed E-state index contributed by atoms with van der Waals surface area (Å²) in [4.78, 5) is 3.84. The molecule has 2 aromatic rings. The summed E-state index contributed by atoms with van der Waals surface area (Å²) >= 11 is 0. The number of anilines is 1. The Morgan fingerprint density at radius 2 is 2.04 bits per heavy atom. The molecule has 0 spiro atoms. The Morgan fingerprint density at radius 1 is 1.35 bits per heavy atom. The van der Waals surface area contributed by atoms with Crippen molar-refractivity contribution in [2.75, 3.05) is 12.8 Å². The van der Waals surface area contributed by atoms with Crippen LogP contribution in [0.3, 0.4) is 0 Å². The van der Waals surface area contributed by atoms with Crippen LogP contribution in [-0.4, -0.2) is 20.5 Å². The Kier molecular flexibility index (Phi) is 4.86. The second-order valence-corrected chi connectivity index (χ2v) is 6.82. The van der Waals surface area contributed by atoms with E-state index in [1.54, 1.807) is 13.8 Å². The summed E-state index contributed by atoms with van der Waals surface area (Å²) in [5.74, 6) is 0.189. The van der Waals surface area contributed by atoms with Gasteiger partial charge in [-0.2, -0.15) is 0 Å². The molecule has 2 rings (SSSR count). The maximum absolute atomic E-state index is 13.4. The molecule has 0 amide bonds. The number of nitrogens with zero attached hydrogens (tertiary/aromatic N) is 1. The van der Waals surface area contributed by atoms with Gasteiger partial charge in [0.15, 0.2) is 0 Å². The van der Waals surface area contributed by atoms with E-state index in [0.29, 0.717) is 16.9 Å². The molecule has 3 N–H and O–H groups in total. The van der Waals surface area contributed by atoms with Gasteiger partial charge in [0, 0.05) is 17.8 Å². The van der Waals surface area contributed by atoms with Crippen LogP contribution >= 0.6 is 0 Å². The van der Waals surface area contributed by atoms with E-state index in [-0.39, 0.29) is 10.7 Å². The molecule has 0 bridgehead atoms. The number of nitrogens with two attached hydrogens (primary N) is 1. The first-order valence-electron chi connectivity index (χ1n) is 6.82. The van der Waals surface area contributed by atoms with E-state index in [0.717, 1.165) is 0 Å². The van der Waals surface area contributed by atoms with Crippen LogP contribution in [-0.2, 0) is 10.0 Å². The highest BCUT2D eigenvalue weighted by atomic mass is 32.2. The molecule has 8 heteroatoms. The number of hydrogen-bond acceptors (Lipinski definition) is 5. The van der Waals surface area contributed by atoms with Crippen molar-refractivity contribution >= 4 is 15.8 Å². The highest BCUT2D eigenvalue weighted by Crippen LogP contribution is 2.27. The molecule has 0 aliphatic rings. The maximum atomic E-state index is 13.4. The molecular formula is C15H18FN3O3S. The zero-order valence-corrected chi connectivity index (χ0v) is 13.8. The van der Waals surface area contributed by atoms with Gasteiger partial charge in [-0.3, -0.25) is 0 Å². The van der Waals surface area contributed by atoms with Gasteiger partial charge in [-0.25, -0.2) is 22.5 Å². The van der Waals surface area contributed by atoms with Crippen molar-refractivity contribution in [1.82, 2.24) is 9.71 Å². The second-order valence-electron chi connectivity index (χ2n) is 5.10. The highest BCUT2D eigenvalue weighted by molar-refractivity contribution is 7.89. The minimum Gasteiger partial charge on any atom is -0.496 e. The standard InChI is InChI=1S/C15H18FN3O3S/c1-9-6-12(8-18-15(9)17)23(20,21)19-10(2)13-7-11(16)4-5-14(13)22-3/h4-8,10,19H,1-3H3,(H2,17,18). The van der Waals surface area contributed by atoms with Crippen LogP contribution in [0.5, 0.6) is 5.75 Å². The molecule has 0 aliphatic heterocycles. The van der Waals surface area contributed by atoms with E-state index in [9.17, 15) is 12.8 Å². The van der Waals surface area contributed by atoms with Crippen molar-refractivity contribution in [2.24, 2.45) is 0 Å². The van der Waals surface area contributed by atoms with E-state index in [2.05, 4.69) is 9.71 Å². The molecule has 6 nitrogen and oxygen atoms in total. The SMILES string of the molecule is COc1ccc(F)cc1C(C)NS(=O)(=O)c1cnc(N)c(C)c1. The van der Waals surface area contributed by atoms with E-state index < -0.39 is 21.9 Å². The summed E-state index contributed by atoms with van der Waals surface area (Å²) in [5.41, 5.74) is 6.55. The van der Waals surface area contributed by atoms with Crippen LogP contribution in [0.25, 0.3) is 0 Å². The molecule has 0 saturated carbocycles. The van der Waals surface area contributed by atoms with Crippen molar-refractivity contribution in [3.8, 4) is 5.75 Å². The van der Waals surface area contributed by atoms with Gasteiger partial charge in [0.05, 0.1) is 7.11 Å². The lowest BCUT2D eigenvalue weighted by Gasteiger charge is -2.17. The molecule has 1 aromatic carbocycles. The molecular weight excluding hydrogens is 321 g/mol. The first-order valence-corrected chi connectivity index (χ1v) is 8.31.